The molecule has 0 bridgehead atoms. The molecule has 14 heavy (non-hydrogen) atoms. The summed E-state index contributed by atoms with van der Waals surface area (Å²) in [4.78, 5) is 10.4. The molecule has 1 aliphatic rings. The van der Waals surface area contributed by atoms with E-state index in [1.54, 1.807) is 6.07 Å². The number of hydrogen-bond donors (Lipinski definition) is 2. The van der Waals surface area contributed by atoms with Gasteiger partial charge < -0.3 is 11.1 Å². The number of nitrogens with zero attached hydrogens (tertiary/aromatic N) is 1. The minimum Gasteiger partial charge on any atom is -0.384 e. The number of nitro groups is 1. The van der Waals surface area contributed by atoms with Crippen molar-refractivity contribution in [1.82, 2.24) is 0 Å². The van der Waals surface area contributed by atoms with E-state index >= 15 is 0 Å². The predicted octanol–water partition coefficient (Wildman–Crippen LogP) is 1.41. The molecule has 5 heteroatoms. The van der Waals surface area contributed by atoms with E-state index in [-0.39, 0.29) is 16.7 Å². The van der Waals surface area contributed by atoms with Gasteiger partial charge in [0.2, 0.25) is 0 Å². The first kappa shape index (κ1) is 8.96. The highest BCUT2D eigenvalue weighted by atomic mass is 16.6. The third-order valence-electron chi connectivity index (χ3n) is 2.42. The lowest BCUT2D eigenvalue weighted by atomic mass is 9.97. The van der Waals surface area contributed by atoms with E-state index in [0.29, 0.717) is 5.56 Å². The van der Waals surface area contributed by atoms with Crippen LogP contribution in [0.4, 0.5) is 11.4 Å². The SMILES string of the molecule is NC1CCNc2cccc([N+](=O)[O-])c21. The van der Waals surface area contributed by atoms with Gasteiger partial charge in [-0.25, -0.2) is 0 Å². The first-order valence-corrected chi connectivity index (χ1v) is 4.47. The fraction of sp³-hybridized carbons (Fsp3) is 0.333. The average molecular weight is 193 g/mol. The maximum atomic E-state index is 10.7. The molecular weight excluding hydrogens is 182 g/mol. The van der Waals surface area contributed by atoms with Gasteiger partial charge in [0.25, 0.3) is 5.69 Å². The third-order valence-corrected chi connectivity index (χ3v) is 2.42. The van der Waals surface area contributed by atoms with Crippen LogP contribution in [0, 0.1) is 10.1 Å². The summed E-state index contributed by atoms with van der Waals surface area (Å²) in [6, 6.07) is 4.75. The Morgan fingerprint density at radius 2 is 2.36 bits per heavy atom. The molecule has 1 atom stereocenters. The molecule has 0 radical (unpaired) electrons. The Kier molecular flexibility index (Phi) is 2.09. The fourth-order valence-corrected chi connectivity index (χ4v) is 1.76. The molecule has 0 aliphatic carbocycles. The van der Waals surface area contributed by atoms with E-state index < -0.39 is 0 Å². The molecule has 1 aliphatic heterocycles. The van der Waals surface area contributed by atoms with Gasteiger partial charge in [-0.1, -0.05) is 6.07 Å². The van der Waals surface area contributed by atoms with E-state index in [9.17, 15) is 10.1 Å². The van der Waals surface area contributed by atoms with Gasteiger partial charge in [-0.3, -0.25) is 10.1 Å². The van der Waals surface area contributed by atoms with E-state index in [4.69, 9.17) is 5.73 Å². The molecule has 3 N–H and O–H groups in total. The number of fused-ring (bicyclic) bond motifs is 1. The second kappa shape index (κ2) is 3.26. The van der Waals surface area contributed by atoms with Gasteiger partial charge in [-0.2, -0.15) is 0 Å². The molecule has 0 saturated heterocycles. The average Bonchev–Trinajstić information content (AvgIpc) is 2.17. The maximum Gasteiger partial charge on any atom is 0.276 e. The molecule has 74 valence electrons. The van der Waals surface area contributed by atoms with Crippen LogP contribution in [-0.2, 0) is 0 Å². The number of nitrogens with two attached hydrogens (primary N) is 1. The van der Waals surface area contributed by atoms with Crippen molar-refractivity contribution in [2.45, 2.75) is 12.5 Å². The molecule has 0 aromatic heterocycles. The minimum atomic E-state index is -0.383. The van der Waals surface area contributed by atoms with Crippen molar-refractivity contribution in [3.8, 4) is 0 Å². The molecule has 1 unspecified atom stereocenters. The first-order valence-electron chi connectivity index (χ1n) is 4.47. The van der Waals surface area contributed by atoms with E-state index in [0.717, 1.165) is 18.7 Å². The fourth-order valence-electron chi connectivity index (χ4n) is 1.76. The van der Waals surface area contributed by atoms with Gasteiger partial charge in [0.05, 0.1) is 10.5 Å². The largest absolute Gasteiger partial charge is 0.384 e. The lowest BCUT2D eigenvalue weighted by molar-refractivity contribution is -0.385. The van der Waals surface area contributed by atoms with Crippen molar-refractivity contribution in [2.75, 3.05) is 11.9 Å². The van der Waals surface area contributed by atoms with Crippen LogP contribution in [0.25, 0.3) is 0 Å². The zero-order chi connectivity index (χ0) is 10.1. The van der Waals surface area contributed by atoms with E-state index in [1.165, 1.54) is 6.07 Å². The number of rotatable bonds is 1. The summed E-state index contributed by atoms with van der Waals surface area (Å²) >= 11 is 0. The lowest BCUT2D eigenvalue weighted by Crippen LogP contribution is -2.23. The van der Waals surface area contributed by atoms with Crippen LogP contribution in [0.15, 0.2) is 18.2 Å². The number of nitro benzene ring substituents is 1. The minimum absolute atomic E-state index is 0.113. The van der Waals surface area contributed by atoms with Crippen molar-refractivity contribution in [3.05, 3.63) is 33.9 Å². The molecule has 1 aromatic rings. The monoisotopic (exact) mass is 193 g/mol. The number of nitrogens with one attached hydrogen (secondary N) is 1. The van der Waals surface area contributed by atoms with Gasteiger partial charge in [0.1, 0.15) is 0 Å². The van der Waals surface area contributed by atoms with Crippen LogP contribution < -0.4 is 11.1 Å². The Morgan fingerprint density at radius 1 is 1.57 bits per heavy atom. The molecule has 1 aromatic carbocycles. The summed E-state index contributed by atoms with van der Waals surface area (Å²) < 4.78 is 0. The molecule has 0 fully saturated rings. The quantitative estimate of drug-likeness (QED) is 0.522. The normalized spacial score (nSPS) is 19.6. The Hall–Kier alpha value is -1.62. The van der Waals surface area contributed by atoms with E-state index in [1.807, 2.05) is 6.07 Å². The summed E-state index contributed by atoms with van der Waals surface area (Å²) in [6.45, 7) is 0.773. The first-order chi connectivity index (χ1) is 6.70. The van der Waals surface area contributed by atoms with Crippen molar-refractivity contribution in [3.63, 3.8) is 0 Å². The third kappa shape index (κ3) is 1.31. The van der Waals surface area contributed by atoms with Gasteiger partial charge >= 0.3 is 0 Å². The van der Waals surface area contributed by atoms with Crippen molar-refractivity contribution >= 4 is 11.4 Å². The van der Waals surface area contributed by atoms with Crippen LogP contribution >= 0.6 is 0 Å². The van der Waals surface area contributed by atoms with Gasteiger partial charge in [0, 0.05) is 24.3 Å². The zero-order valence-corrected chi connectivity index (χ0v) is 7.56. The standard InChI is InChI=1S/C9H11N3O2/c10-6-4-5-11-7-2-1-3-8(9(6)7)12(13)14/h1-3,6,11H,4-5,10H2. The second-order valence-corrected chi connectivity index (χ2v) is 3.32. The number of anilines is 1. The Balaban J connectivity index is 2.57. The Morgan fingerprint density at radius 3 is 3.07 bits per heavy atom. The van der Waals surface area contributed by atoms with Gasteiger partial charge in [-0.05, 0) is 12.5 Å². The Bertz CT molecular complexity index is 378. The molecule has 0 saturated carbocycles. The predicted molar refractivity (Wildman–Crippen MR) is 53.1 cm³/mol. The molecule has 0 amide bonds. The molecule has 0 spiro atoms. The van der Waals surface area contributed by atoms with Crippen LogP contribution in [0.2, 0.25) is 0 Å². The topological polar surface area (TPSA) is 81.2 Å². The number of benzene rings is 1. The van der Waals surface area contributed by atoms with Crippen molar-refractivity contribution < 1.29 is 4.92 Å². The lowest BCUT2D eigenvalue weighted by Gasteiger charge is -2.22. The van der Waals surface area contributed by atoms with Gasteiger partial charge in [0.15, 0.2) is 0 Å². The van der Waals surface area contributed by atoms with Crippen LogP contribution in [-0.4, -0.2) is 11.5 Å². The summed E-state index contributed by atoms with van der Waals surface area (Å²) in [5, 5.41) is 13.8. The smallest absolute Gasteiger partial charge is 0.276 e. The summed E-state index contributed by atoms with van der Waals surface area (Å²) in [5.74, 6) is 0. The highest BCUT2D eigenvalue weighted by Crippen LogP contribution is 2.35. The number of hydrogen-bond acceptors (Lipinski definition) is 4. The van der Waals surface area contributed by atoms with Crippen LogP contribution in [0.1, 0.15) is 18.0 Å². The summed E-state index contributed by atoms with van der Waals surface area (Å²) in [7, 11) is 0. The zero-order valence-electron chi connectivity index (χ0n) is 7.56. The van der Waals surface area contributed by atoms with Crippen molar-refractivity contribution in [2.24, 2.45) is 5.73 Å². The molecule has 5 nitrogen and oxygen atoms in total. The molecule has 2 rings (SSSR count). The van der Waals surface area contributed by atoms with Crippen LogP contribution in [0.3, 0.4) is 0 Å². The van der Waals surface area contributed by atoms with Crippen molar-refractivity contribution in [1.29, 1.82) is 0 Å². The summed E-state index contributed by atoms with van der Waals surface area (Å²) in [6.07, 6.45) is 0.734. The highest BCUT2D eigenvalue weighted by Gasteiger charge is 2.25. The van der Waals surface area contributed by atoms with Crippen LogP contribution in [0.5, 0.6) is 0 Å². The molecule has 1 heterocycles. The van der Waals surface area contributed by atoms with E-state index in [2.05, 4.69) is 5.32 Å². The second-order valence-electron chi connectivity index (χ2n) is 3.32. The van der Waals surface area contributed by atoms with Gasteiger partial charge in [-0.15, -0.1) is 0 Å². The maximum absolute atomic E-state index is 10.7. The Labute approximate surface area is 81.1 Å². The molecular formula is C9H11N3O2. The highest BCUT2D eigenvalue weighted by molar-refractivity contribution is 5.63. The summed E-state index contributed by atoms with van der Waals surface area (Å²) in [5.41, 5.74) is 7.37.